The third-order valence-electron chi connectivity index (χ3n) is 1.69. The molecule has 0 aromatic heterocycles. The van der Waals surface area contributed by atoms with Crippen LogP contribution in [0.2, 0.25) is 0 Å². The van der Waals surface area contributed by atoms with E-state index in [1.807, 2.05) is 11.8 Å². The minimum atomic E-state index is 1.03. The predicted molar refractivity (Wildman–Crippen MR) is 41.0 cm³/mol. The minimum absolute atomic E-state index is 1.03. The number of nitrogens with zero attached hydrogens (tertiary/aromatic N) is 2. The van der Waals surface area contributed by atoms with Gasteiger partial charge in [-0.25, -0.2) is 0 Å². The number of aliphatic imine (C=N–C) groups is 1. The van der Waals surface area contributed by atoms with Crippen molar-refractivity contribution in [1.82, 2.24) is 4.90 Å². The van der Waals surface area contributed by atoms with E-state index in [2.05, 4.69) is 9.89 Å². The van der Waals surface area contributed by atoms with E-state index in [0.29, 0.717) is 0 Å². The van der Waals surface area contributed by atoms with E-state index in [1.165, 1.54) is 30.4 Å². The van der Waals surface area contributed by atoms with Gasteiger partial charge in [-0.1, -0.05) is 11.8 Å². The molecule has 1 fully saturated rings. The molecule has 0 radical (unpaired) electrons. The van der Waals surface area contributed by atoms with Gasteiger partial charge in [0.15, 0.2) is 5.17 Å². The monoisotopic (exact) mass is 142 g/mol. The molecule has 2 aliphatic heterocycles. The second-order valence-electron chi connectivity index (χ2n) is 2.35. The summed E-state index contributed by atoms with van der Waals surface area (Å²) in [6, 6.07) is 0. The summed E-state index contributed by atoms with van der Waals surface area (Å²) in [6.07, 6.45) is 1.34. The molecule has 2 aliphatic rings. The highest BCUT2D eigenvalue weighted by atomic mass is 32.2. The highest BCUT2D eigenvalue weighted by Gasteiger charge is 2.19. The summed E-state index contributed by atoms with van der Waals surface area (Å²) in [5.41, 5.74) is 0. The van der Waals surface area contributed by atoms with Gasteiger partial charge in [-0.05, 0) is 6.42 Å². The number of hydrogen-bond donors (Lipinski definition) is 0. The van der Waals surface area contributed by atoms with Crippen LogP contribution in [0.3, 0.4) is 0 Å². The Kier molecular flexibility index (Phi) is 1.38. The standard InChI is InChI=1S/C6H10N2S/c1-3-8-4-2-7-6(8)9-5-1/h1-5H2. The van der Waals surface area contributed by atoms with Gasteiger partial charge in [-0.3, -0.25) is 4.99 Å². The number of fused-ring (bicyclic) bond motifs is 1. The van der Waals surface area contributed by atoms with Crippen LogP contribution in [0, 0.1) is 0 Å². The molecule has 2 rings (SSSR count). The zero-order valence-corrected chi connectivity index (χ0v) is 6.15. The van der Waals surface area contributed by atoms with Crippen LogP contribution in [-0.2, 0) is 0 Å². The number of rotatable bonds is 0. The Balaban J connectivity index is 2.09. The van der Waals surface area contributed by atoms with E-state index in [1.54, 1.807) is 0 Å². The first-order valence-electron chi connectivity index (χ1n) is 3.39. The zero-order chi connectivity index (χ0) is 6.10. The lowest BCUT2D eigenvalue weighted by Crippen LogP contribution is -2.30. The van der Waals surface area contributed by atoms with E-state index < -0.39 is 0 Å². The van der Waals surface area contributed by atoms with E-state index in [9.17, 15) is 0 Å². The lowest BCUT2D eigenvalue weighted by molar-refractivity contribution is 0.458. The molecular formula is C6H10N2S. The lowest BCUT2D eigenvalue weighted by atomic mass is 10.4. The average molecular weight is 142 g/mol. The fourth-order valence-corrected chi connectivity index (χ4v) is 2.23. The Bertz CT molecular complexity index is 144. The number of hydrogen-bond acceptors (Lipinski definition) is 3. The van der Waals surface area contributed by atoms with E-state index >= 15 is 0 Å². The third-order valence-corrected chi connectivity index (χ3v) is 2.83. The van der Waals surface area contributed by atoms with Crippen LogP contribution >= 0.6 is 11.8 Å². The molecule has 0 aromatic rings. The average Bonchev–Trinajstić information content (AvgIpc) is 2.33. The topological polar surface area (TPSA) is 15.6 Å². The van der Waals surface area contributed by atoms with Gasteiger partial charge in [0.25, 0.3) is 0 Å². The summed E-state index contributed by atoms with van der Waals surface area (Å²) >= 11 is 1.91. The quantitative estimate of drug-likeness (QED) is 0.497. The second kappa shape index (κ2) is 2.21. The summed E-state index contributed by atoms with van der Waals surface area (Å²) in [4.78, 5) is 6.75. The fraction of sp³-hybridized carbons (Fsp3) is 0.833. The van der Waals surface area contributed by atoms with Crippen LogP contribution in [0.1, 0.15) is 6.42 Å². The van der Waals surface area contributed by atoms with Gasteiger partial charge in [-0.15, -0.1) is 0 Å². The van der Waals surface area contributed by atoms with E-state index in [0.717, 1.165) is 6.54 Å². The number of amidine groups is 1. The smallest absolute Gasteiger partial charge is 0.159 e. The highest BCUT2D eigenvalue weighted by Crippen LogP contribution is 2.20. The van der Waals surface area contributed by atoms with Crippen molar-refractivity contribution >= 4 is 16.9 Å². The maximum atomic E-state index is 4.36. The number of thioether (sulfide) groups is 1. The van der Waals surface area contributed by atoms with Gasteiger partial charge >= 0.3 is 0 Å². The van der Waals surface area contributed by atoms with Gasteiger partial charge in [-0.2, -0.15) is 0 Å². The van der Waals surface area contributed by atoms with Crippen molar-refractivity contribution in [3.63, 3.8) is 0 Å². The van der Waals surface area contributed by atoms with Gasteiger partial charge in [0.2, 0.25) is 0 Å². The third kappa shape index (κ3) is 0.936. The SMILES string of the molecule is C1CSC2=NCCN2C1. The maximum Gasteiger partial charge on any atom is 0.159 e. The van der Waals surface area contributed by atoms with E-state index in [-0.39, 0.29) is 0 Å². The maximum absolute atomic E-state index is 4.36. The van der Waals surface area contributed by atoms with Crippen molar-refractivity contribution in [3.05, 3.63) is 0 Å². The molecule has 0 saturated carbocycles. The summed E-state index contributed by atoms with van der Waals surface area (Å²) in [6.45, 7) is 3.44. The van der Waals surface area contributed by atoms with Crippen LogP contribution in [0.15, 0.2) is 4.99 Å². The van der Waals surface area contributed by atoms with Crippen LogP contribution in [0.4, 0.5) is 0 Å². The normalized spacial score (nSPS) is 25.8. The summed E-state index contributed by atoms with van der Waals surface area (Å²) in [7, 11) is 0. The van der Waals surface area contributed by atoms with Gasteiger partial charge < -0.3 is 4.90 Å². The molecular weight excluding hydrogens is 132 g/mol. The lowest BCUT2D eigenvalue weighted by Gasteiger charge is -2.23. The van der Waals surface area contributed by atoms with Crippen LogP contribution in [0.25, 0.3) is 0 Å². The molecule has 1 saturated heterocycles. The van der Waals surface area contributed by atoms with Crippen molar-refractivity contribution in [2.75, 3.05) is 25.4 Å². The molecule has 0 N–H and O–H groups in total. The molecule has 2 heterocycles. The molecule has 0 atom stereocenters. The van der Waals surface area contributed by atoms with Crippen molar-refractivity contribution < 1.29 is 0 Å². The predicted octanol–water partition coefficient (Wildman–Crippen LogP) is 0.795. The van der Waals surface area contributed by atoms with Gasteiger partial charge in [0.1, 0.15) is 0 Å². The molecule has 3 heteroatoms. The molecule has 0 amide bonds. The summed E-state index contributed by atoms with van der Waals surface area (Å²) in [5.74, 6) is 1.27. The minimum Gasteiger partial charge on any atom is -0.350 e. The van der Waals surface area contributed by atoms with E-state index in [4.69, 9.17) is 0 Å². The highest BCUT2D eigenvalue weighted by molar-refractivity contribution is 8.13. The molecule has 2 nitrogen and oxygen atoms in total. The Morgan fingerprint density at radius 3 is 3.33 bits per heavy atom. The molecule has 0 bridgehead atoms. The van der Waals surface area contributed by atoms with Crippen LogP contribution in [-0.4, -0.2) is 35.5 Å². The zero-order valence-electron chi connectivity index (χ0n) is 5.34. The Hall–Kier alpha value is -0.180. The first-order valence-corrected chi connectivity index (χ1v) is 4.37. The summed E-state index contributed by atoms with van der Waals surface area (Å²) < 4.78 is 0. The molecule has 0 aliphatic carbocycles. The van der Waals surface area contributed by atoms with Gasteiger partial charge in [0, 0.05) is 18.8 Å². The molecule has 0 aromatic carbocycles. The molecule has 9 heavy (non-hydrogen) atoms. The van der Waals surface area contributed by atoms with Crippen LogP contribution < -0.4 is 0 Å². The van der Waals surface area contributed by atoms with Crippen molar-refractivity contribution in [2.45, 2.75) is 6.42 Å². The molecule has 0 unspecified atom stereocenters. The first kappa shape index (κ1) is 5.59. The first-order chi connectivity index (χ1) is 4.47. The molecule has 50 valence electrons. The van der Waals surface area contributed by atoms with Crippen molar-refractivity contribution in [1.29, 1.82) is 0 Å². The Morgan fingerprint density at radius 2 is 2.44 bits per heavy atom. The van der Waals surface area contributed by atoms with Crippen molar-refractivity contribution in [3.8, 4) is 0 Å². The van der Waals surface area contributed by atoms with Crippen molar-refractivity contribution in [2.24, 2.45) is 4.99 Å². The largest absolute Gasteiger partial charge is 0.350 e. The van der Waals surface area contributed by atoms with Crippen LogP contribution in [0.5, 0.6) is 0 Å². The Labute approximate surface area is 59.3 Å². The fourth-order valence-electron chi connectivity index (χ4n) is 1.23. The van der Waals surface area contributed by atoms with Gasteiger partial charge in [0.05, 0.1) is 6.54 Å². The Morgan fingerprint density at radius 1 is 1.44 bits per heavy atom. The molecule has 0 spiro atoms. The summed E-state index contributed by atoms with van der Waals surface area (Å²) in [5, 5.41) is 1.29. The second-order valence-corrected chi connectivity index (χ2v) is 3.42.